The summed E-state index contributed by atoms with van der Waals surface area (Å²) in [5.74, 6) is 0. The number of rotatable bonds is 0. The molecule has 0 aromatic heterocycles. The summed E-state index contributed by atoms with van der Waals surface area (Å²) in [5, 5.41) is 14.0. The second-order valence-corrected chi connectivity index (χ2v) is 0. The van der Waals surface area contributed by atoms with Gasteiger partial charge in [-0.3, -0.25) is 0 Å². The van der Waals surface area contributed by atoms with Gasteiger partial charge in [0.1, 0.15) is 0 Å². The topological polar surface area (TPSA) is 40.5 Å². The van der Waals surface area contributed by atoms with Crippen molar-refractivity contribution in [3.63, 3.8) is 0 Å². The summed E-state index contributed by atoms with van der Waals surface area (Å²) in [5.41, 5.74) is 0. The van der Waals surface area contributed by atoms with E-state index in [0.29, 0.717) is 0 Å². The van der Waals surface area contributed by atoms with E-state index in [1.165, 1.54) is 0 Å². The van der Waals surface area contributed by atoms with Crippen molar-refractivity contribution in [2.24, 2.45) is 0 Å². The van der Waals surface area contributed by atoms with E-state index in [-0.39, 0.29) is 50.8 Å². The van der Waals surface area contributed by atoms with Crippen molar-refractivity contribution in [1.82, 2.24) is 0 Å². The molecule has 0 saturated heterocycles. The maximum absolute atomic E-state index is 7.00. The van der Waals surface area contributed by atoms with Gasteiger partial charge in [0.15, 0.2) is 0 Å². The van der Waals surface area contributed by atoms with Gasteiger partial charge in [-0.25, -0.2) is 0 Å². The Morgan fingerprint density at radius 3 is 0.556 bits per heavy atom. The molecule has 0 atom stereocenters. The van der Waals surface area contributed by atoms with Crippen LogP contribution in [0.2, 0.25) is 0 Å². The van der Waals surface area contributed by atoms with Crippen LogP contribution < -0.4 is 0 Å². The van der Waals surface area contributed by atoms with Crippen LogP contribution in [0, 0.1) is 29.7 Å². The van der Waals surface area contributed by atoms with E-state index in [1.807, 2.05) is 0 Å². The first-order chi connectivity index (χ1) is 2.00. The third-order valence-electron chi connectivity index (χ3n) is 0. The number of aliphatic hydroxyl groups is 2. The second kappa shape index (κ2) is 1350. The van der Waals surface area contributed by atoms with Crippen molar-refractivity contribution in [2.75, 3.05) is 14.2 Å². The molecule has 9 heavy (non-hydrogen) atoms. The first-order valence-electron chi connectivity index (χ1n) is 0.894. The SMILES string of the molecule is CO.CO.[CH3-].[CH3-].[CH3-].[CH3-].[Mo+4]. The molecule has 0 radical (unpaired) electrons. The van der Waals surface area contributed by atoms with Crippen molar-refractivity contribution in [3.05, 3.63) is 29.7 Å². The van der Waals surface area contributed by atoms with Crippen molar-refractivity contribution in [2.45, 2.75) is 0 Å². The van der Waals surface area contributed by atoms with Gasteiger partial charge in [-0.15, -0.1) is 0 Å². The molecule has 0 spiro atoms. The molecule has 0 aliphatic heterocycles. The predicted molar refractivity (Wildman–Crippen MR) is 41.9 cm³/mol. The Labute approximate surface area is 75.6 Å². The average Bonchev–Trinajstić information content (AvgIpc) is 1.50. The van der Waals surface area contributed by atoms with Gasteiger partial charge >= 0.3 is 21.1 Å². The normalized spacial score (nSPS) is 1.33. The minimum atomic E-state index is 0. The number of hydrogen-bond acceptors (Lipinski definition) is 2. The first kappa shape index (κ1) is 105. The maximum atomic E-state index is 7.00. The molecular weight excluding hydrogens is 200 g/mol. The third kappa shape index (κ3) is 1020. The Morgan fingerprint density at radius 2 is 0.556 bits per heavy atom. The molecule has 0 aliphatic carbocycles. The molecule has 0 aliphatic rings. The standard InChI is InChI=1S/2CH4O.4CH3.Mo/c2*1-2;;;;;/h2*2H,1H3;4*1H3;/q;;4*-1;+4. The number of hydrogen-bond donors (Lipinski definition) is 2. The molecule has 0 heterocycles. The Kier molecular flexibility index (Phi) is 15700. The third-order valence-corrected chi connectivity index (χ3v) is 0. The van der Waals surface area contributed by atoms with Gasteiger partial charge in [0.2, 0.25) is 0 Å². The van der Waals surface area contributed by atoms with E-state index in [9.17, 15) is 0 Å². The summed E-state index contributed by atoms with van der Waals surface area (Å²) in [7, 11) is 2.00. The van der Waals surface area contributed by atoms with E-state index < -0.39 is 0 Å². The van der Waals surface area contributed by atoms with Gasteiger partial charge in [-0.1, -0.05) is 0 Å². The summed E-state index contributed by atoms with van der Waals surface area (Å²) in [6.45, 7) is 0. The molecule has 62 valence electrons. The largest absolute Gasteiger partial charge is 4.00 e. The zero-order valence-electron chi connectivity index (χ0n) is 7.30. The first-order valence-corrected chi connectivity index (χ1v) is 0.894. The van der Waals surface area contributed by atoms with Crippen molar-refractivity contribution in [1.29, 1.82) is 0 Å². The van der Waals surface area contributed by atoms with Crippen LogP contribution in [-0.2, 0) is 21.1 Å². The molecule has 0 aromatic rings. The van der Waals surface area contributed by atoms with Crippen LogP contribution in [0.1, 0.15) is 0 Å². The van der Waals surface area contributed by atoms with E-state index >= 15 is 0 Å². The summed E-state index contributed by atoms with van der Waals surface area (Å²) < 4.78 is 0. The molecular formula is C6H20MoO2. The van der Waals surface area contributed by atoms with Gasteiger partial charge in [-0.05, 0) is 0 Å². The monoisotopic (exact) mass is 222 g/mol. The Balaban J connectivity index is -0.00000000114. The van der Waals surface area contributed by atoms with Crippen LogP contribution in [0.3, 0.4) is 0 Å². The molecule has 0 fully saturated rings. The fourth-order valence-corrected chi connectivity index (χ4v) is 0. The summed E-state index contributed by atoms with van der Waals surface area (Å²) in [6, 6.07) is 0. The van der Waals surface area contributed by atoms with E-state index in [2.05, 4.69) is 0 Å². The maximum Gasteiger partial charge on any atom is 4.00 e. The van der Waals surface area contributed by atoms with Crippen LogP contribution >= 0.6 is 0 Å². The van der Waals surface area contributed by atoms with Gasteiger partial charge in [0.05, 0.1) is 0 Å². The van der Waals surface area contributed by atoms with E-state index in [1.54, 1.807) is 0 Å². The minimum absolute atomic E-state index is 0. The van der Waals surface area contributed by atoms with Gasteiger partial charge in [-0.2, -0.15) is 0 Å². The second-order valence-electron chi connectivity index (χ2n) is 0. The summed E-state index contributed by atoms with van der Waals surface area (Å²) >= 11 is 0. The molecule has 0 bridgehead atoms. The molecule has 0 aromatic carbocycles. The minimum Gasteiger partial charge on any atom is -0.400 e. The predicted octanol–water partition coefficient (Wildman–Crippen LogP) is 1.02. The molecule has 0 amide bonds. The quantitative estimate of drug-likeness (QED) is 0.472. The van der Waals surface area contributed by atoms with Crippen molar-refractivity contribution in [3.8, 4) is 0 Å². The van der Waals surface area contributed by atoms with Crippen molar-refractivity contribution >= 4 is 0 Å². The Morgan fingerprint density at radius 1 is 0.556 bits per heavy atom. The van der Waals surface area contributed by atoms with E-state index in [4.69, 9.17) is 10.2 Å². The zero-order valence-corrected chi connectivity index (χ0v) is 9.31. The molecule has 2 N–H and O–H groups in total. The Bertz CT molecular complexity index is 11.0. The van der Waals surface area contributed by atoms with Crippen LogP contribution in [0.5, 0.6) is 0 Å². The van der Waals surface area contributed by atoms with Gasteiger partial charge < -0.3 is 39.9 Å². The van der Waals surface area contributed by atoms with Crippen LogP contribution in [0.15, 0.2) is 0 Å². The van der Waals surface area contributed by atoms with Crippen LogP contribution in [0.4, 0.5) is 0 Å². The molecule has 3 heteroatoms. The summed E-state index contributed by atoms with van der Waals surface area (Å²) in [4.78, 5) is 0. The van der Waals surface area contributed by atoms with E-state index in [0.717, 1.165) is 14.2 Å². The number of aliphatic hydroxyl groups excluding tert-OH is 2. The van der Waals surface area contributed by atoms with Gasteiger partial charge in [0.25, 0.3) is 0 Å². The fourth-order valence-electron chi connectivity index (χ4n) is 0. The average molecular weight is 220 g/mol. The fraction of sp³-hybridized carbons (Fsp3) is 0.333. The Hall–Kier alpha value is 0.608. The van der Waals surface area contributed by atoms with Crippen molar-refractivity contribution < 1.29 is 31.3 Å². The van der Waals surface area contributed by atoms with Crippen LogP contribution in [0.25, 0.3) is 0 Å². The van der Waals surface area contributed by atoms with Gasteiger partial charge in [0, 0.05) is 14.2 Å². The zero-order chi connectivity index (χ0) is 4.00. The molecule has 0 unspecified atom stereocenters. The van der Waals surface area contributed by atoms with Crippen LogP contribution in [-0.4, -0.2) is 24.4 Å². The smallest absolute Gasteiger partial charge is 0.400 e. The summed E-state index contributed by atoms with van der Waals surface area (Å²) in [6.07, 6.45) is 0. The molecule has 2 nitrogen and oxygen atoms in total. The molecule has 0 rings (SSSR count). The molecule has 0 saturated carbocycles.